The summed E-state index contributed by atoms with van der Waals surface area (Å²) in [5.41, 5.74) is 3.00. The van der Waals surface area contributed by atoms with Gasteiger partial charge < -0.3 is 5.32 Å². The Balaban J connectivity index is 1.93. The Morgan fingerprint density at radius 3 is 2.24 bits per heavy atom. The van der Waals surface area contributed by atoms with Gasteiger partial charge in [-0.25, -0.2) is 0 Å². The molecule has 0 aliphatic rings. The first-order chi connectivity index (χ1) is 10.1. The molecule has 0 spiro atoms. The quantitative estimate of drug-likeness (QED) is 0.828. The van der Waals surface area contributed by atoms with E-state index in [0.29, 0.717) is 0 Å². The third-order valence-corrected chi connectivity index (χ3v) is 3.30. The van der Waals surface area contributed by atoms with Crippen LogP contribution in [0, 0.1) is 0 Å². The number of rotatable bonds is 5. The lowest BCUT2D eigenvalue weighted by atomic mass is 10.1. The molecule has 0 aliphatic carbocycles. The first-order valence-electron chi connectivity index (χ1n) is 7.23. The van der Waals surface area contributed by atoms with Crippen LogP contribution in [0.1, 0.15) is 25.0 Å². The Kier molecular flexibility index (Phi) is 5.33. The van der Waals surface area contributed by atoms with Crippen molar-refractivity contribution in [2.24, 2.45) is 0 Å². The van der Waals surface area contributed by atoms with E-state index in [4.69, 9.17) is 0 Å². The molecule has 2 heteroatoms. The highest BCUT2D eigenvalue weighted by molar-refractivity contribution is 5.97. The Labute approximate surface area is 126 Å². The fraction of sp³-hybridized carbons (Fsp3) is 0.211. The minimum Gasteiger partial charge on any atom is -0.350 e. The van der Waals surface area contributed by atoms with Gasteiger partial charge >= 0.3 is 0 Å². The average molecular weight is 279 g/mol. The molecule has 0 fully saturated rings. The van der Waals surface area contributed by atoms with Crippen LogP contribution in [0.25, 0.3) is 6.08 Å². The predicted octanol–water partition coefficient (Wildman–Crippen LogP) is 3.84. The second-order valence-corrected chi connectivity index (χ2v) is 5.30. The zero-order valence-corrected chi connectivity index (χ0v) is 12.5. The van der Waals surface area contributed by atoms with Crippen molar-refractivity contribution in [3.05, 3.63) is 77.4 Å². The largest absolute Gasteiger partial charge is 0.350 e. The third-order valence-electron chi connectivity index (χ3n) is 3.30. The molecule has 0 bridgehead atoms. The third kappa shape index (κ3) is 4.92. The molecule has 0 saturated carbocycles. The summed E-state index contributed by atoms with van der Waals surface area (Å²) in [6.45, 7) is 3.87. The summed E-state index contributed by atoms with van der Waals surface area (Å²) in [6, 6.07) is 20.2. The lowest BCUT2D eigenvalue weighted by Crippen LogP contribution is -2.34. The Hall–Kier alpha value is -2.35. The highest BCUT2D eigenvalue weighted by Gasteiger charge is 2.09. The van der Waals surface area contributed by atoms with Crippen molar-refractivity contribution in [3.63, 3.8) is 0 Å². The fourth-order valence-corrected chi connectivity index (χ4v) is 2.22. The highest BCUT2D eigenvalue weighted by Crippen LogP contribution is 2.07. The fourth-order valence-electron chi connectivity index (χ4n) is 2.22. The van der Waals surface area contributed by atoms with E-state index >= 15 is 0 Å². The first-order valence-corrected chi connectivity index (χ1v) is 7.23. The van der Waals surface area contributed by atoms with Crippen molar-refractivity contribution in [3.8, 4) is 0 Å². The number of carbonyl (C=O) groups is 1. The summed E-state index contributed by atoms with van der Waals surface area (Å²) in [5.74, 6) is -0.0118. The molecule has 2 aromatic rings. The molecule has 1 N–H and O–H groups in total. The molecule has 2 nitrogen and oxygen atoms in total. The van der Waals surface area contributed by atoms with Crippen LogP contribution in [0.5, 0.6) is 0 Å². The van der Waals surface area contributed by atoms with Crippen molar-refractivity contribution < 1.29 is 4.79 Å². The van der Waals surface area contributed by atoms with Crippen molar-refractivity contribution in [1.29, 1.82) is 0 Å². The number of amides is 1. The van der Waals surface area contributed by atoms with Crippen molar-refractivity contribution in [1.82, 2.24) is 5.32 Å². The SMILES string of the molecule is C/C(=C\c1ccccc1)C(=O)N[C@@H](C)Cc1ccccc1. The molecular formula is C19H21NO. The lowest BCUT2D eigenvalue weighted by molar-refractivity contribution is -0.117. The minimum atomic E-state index is -0.0118. The second kappa shape index (κ2) is 7.44. The molecule has 0 unspecified atom stereocenters. The van der Waals surface area contributed by atoms with Gasteiger partial charge in [0.2, 0.25) is 5.91 Å². The van der Waals surface area contributed by atoms with Gasteiger partial charge in [0.25, 0.3) is 0 Å². The van der Waals surface area contributed by atoms with Crippen LogP contribution >= 0.6 is 0 Å². The summed E-state index contributed by atoms with van der Waals surface area (Å²) in [6.07, 6.45) is 2.75. The summed E-state index contributed by atoms with van der Waals surface area (Å²) < 4.78 is 0. The van der Waals surface area contributed by atoms with Gasteiger partial charge in [0.1, 0.15) is 0 Å². The van der Waals surface area contributed by atoms with Crippen LogP contribution in [0.15, 0.2) is 66.2 Å². The summed E-state index contributed by atoms with van der Waals surface area (Å²) in [4.78, 5) is 12.2. The smallest absolute Gasteiger partial charge is 0.247 e. The van der Waals surface area contributed by atoms with Crippen LogP contribution in [0.2, 0.25) is 0 Å². The molecule has 108 valence electrons. The topological polar surface area (TPSA) is 29.1 Å². The van der Waals surface area contributed by atoms with E-state index in [1.54, 1.807) is 0 Å². The Morgan fingerprint density at radius 2 is 1.62 bits per heavy atom. The van der Waals surface area contributed by atoms with E-state index in [2.05, 4.69) is 17.4 Å². The van der Waals surface area contributed by atoms with Gasteiger partial charge in [0, 0.05) is 11.6 Å². The van der Waals surface area contributed by atoms with Gasteiger partial charge in [0.05, 0.1) is 0 Å². The minimum absolute atomic E-state index is 0.0118. The lowest BCUT2D eigenvalue weighted by Gasteiger charge is -2.14. The van der Waals surface area contributed by atoms with Crippen LogP contribution in [-0.2, 0) is 11.2 Å². The Bertz CT molecular complexity index is 602. The number of hydrogen-bond donors (Lipinski definition) is 1. The number of hydrogen-bond acceptors (Lipinski definition) is 1. The van der Waals surface area contributed by atoms with E-state index in [9.17, 15) is 4.79 Å². The molecule has 0 saturated heterocycles. The molecule has 1 amide bonds. The summed E-state index contributed by atoms with van der Waals surface area (Å²) in [7, 11) is 0. The normalized spacial score (nSPS) is 12.8. The first kappa shape index (κ1) is 15.0. The standard InChI is InChI=1S/C19H21NO/c1-15(13-17-9-5-3-6-10-17)19(21)20-16(2)14-18-11-7-4-8-12-18/h3-13,16H,14H2,1-2H3,(H,20,21)/b15-13+/t16-/m0/s1. The molecule has 1 atom stereocenters. The maximum Gasteiger partial charge on any atom is 0.247 e. The van der Waals surface area contributed by atoms with E-state index in [1.807, 2.05) is 68.5 Å². The summed E-state index contributed by atoms with van der Waals surface area (Å²) >= 11 is 0. The van der Waals surface area contributed by atoms with Gasteiger partial charge in [-0.05, 0) is 37.5 Å². The monoisotopic (exact) mass is 279 g/mol. The van der Waals surface area contributed by atoms with Crippen molar-refractivity contribution in [2.45, 2.75) is 26.3 Å². The van der Waals surface area contributed by atoms with Crippen LogP contribution in [0.4, 0.5) is 0 Å². The Morgan fingerprint density at radius 1 is 1.05 bits per heavy atom. The predicted molar refractivity (Wildman–Crippen MR) is 87.8 cm³/mol. The van der Waals surface area contributed by atoms with Gasteiger partial charge in [-0.15, -0.1) is 0 Å². The molecular weight excluding hydrogens is 258 g/mol. The maximum atomic E-state index is 12.2. The molecule has 21 heavy (non-hydrogen) atoms. The number of benzene rings is 2. The number of nitrogens with one attached hydrogen (secondary N) is 1. The van der Waals surface area contributed by atoms with Crippen LogP contribution in [-0.4, -0.2) is 11.9 Å². The van der Waals surface area contributed by atoms with E-state index in [0.717, 1.165) is 17.6 Å². The van der Waals surface area contributed by atoms with Gasteiger partial charge in [0.15, 0.2) is 0 Å². The van der Waals surface area contributed by atoms with Gasteiger partial charge in [-0.3, -0.25) is 4.79 Å². The molecule has 2 aromatic carbocycles. The second-order valence-electron chi connectivity index (χ2n) is 5.30. The van der Waals surface area contributed by atoms with Crippen molar-refractivity contribution >= 4 is 12.0 Å². The number of carbonyl (C=O) groups excluding carboxylic acids is 1. The molecule has 0 heterocycles. The van der Waals surface area contributed by atoms with Crippen LogP contribution in [0.3, 0.4) is 0 Å². The average Bonchev–Trinajstić information content (AvgIpc) is 2.49. The highest BCUT2D eigenvalue weighted by atomic mass is 16.1. The molecule has 0 radical (unpaired) electrons. The van der Waals surface area contributed by atoms with E-state index in [-0.39, 0.29) is 11.9 Å². The van der Waals surface area contributed by atoms with E-state index in [1.165, 1.54) is 5.56 Å². The zero-order valence-electron chi connectivity index (χ0n) is 12.5. The van der Waals surface area contributed by atoms with E-state index < -0.39 is 0 Å². The van der Waals surface area contributed by atoms with Gasteiger partial charge in [-0.2, -0.15) is 0 Å². The molecule has 0 aliphatic heterocycles. The maximum absolute atomic E-state index is 12.2. The summed E-state index contributed by atoms with van der Waals surface area (Å²) in [5, 5.41) is 3.04. The van der Waals surface area contributed by atoms with Crippen molar-refractivity contribution in [2.75, 3.05) is 0 Å². The van der Waals surface area contributed by atoms with Gasteiger partial charge in [-0.1, -0.05) is 60.7 Å². The zero-order chi connectivity index (χ0) is 15.1. The molecule has 2 rings (SSSR count). The van der Waals surface area contributed by atoms with Crippen LogP contribution < -0.4 is 5.32 Å². The molecule has 0 aromatic heterocycles.